The summed E-state index contributed by atoms with van der Waals surface area (Å²) in [6.07, 6.45) is 0. The second-order valence-electron chi connectivity index (χ2n) is 4.96. The first-order valence-electron chi connectivity index (χ1n) is 6.99. The number of amides is 1. The van der Waals surface area contributed by atoms with Gasteiger partial charge in [-0.1, -0.05) is 36.4 Å². The third-order valence-electron chi connectivity index (χ3n) is 3.41. The van der Waals surface area contributed by atoms with Gasteiger partial charge in [-0.2, -0.15) is 0 Å². The lowest BCUT2D eigenvalue weighted by Gasteiger charge is -2.18. The molecule has 1 heterocycles. The summed E-state index contributed by atoms with van der Waals surface area (Å²) in [5.74, 6) is -0.760. The number of carbonyl (C=O) groups excluding carboxylic acids is 1. The number of thiophene rings is 1. The molecule has 2 nitrogen and oxygen atoms in total. The fourth-order valence-electron chi connectivity index (χ4n) is 2.30. The topological polar surface area (TPSA) is 29.1 Å². The molecule has 0 bridgehead atoms. The molecule has 2 aromatic carbocycles. The van der Waals surface area contributed by atoms with Crippen LogP contribution in [0.15, 0.2) is 70.5 Å². The van der Waals surface area contributed by atoms with Gasteiger partial charge in [0, 0.05) is 9.35 Å². The SMILES string of the molecule is O=C(NC(c1ccccc1)c1cccs1)c1cc(F)ccc1Br. The van der Waals surface area contributed by atoms with Gasteiger partial charge in [0.15, 0.2) is 0 Å². The van der Waals surface area contributed by atoms with Gasteiger partial charge in [-0.05, 0) is 51.1 Å². The van der Waals surface area contributed by atoms with E-state index < -0.39 is 5.82 Å². The lowest BCUT2D eigenvalue weighted by molar-refractivity contribution is 0.0942. The monoisotopic (exact) mass is 389 g/mol. The molecule has 1 unspecified atom stereocenters. The zero-order chi connectivity index (χ0) is 16.2. The maximum atomic E-state index is 13.4. The number of rotatable bonds is 4. The predicted molar refractivity (Wildman–Crippen MR) is 94.2 cm³/mol. The fraction of sp³-hybridized carbons (Fsp3) is 0.0556. The molecule has 0 spiro atoms. The van der Waals surface area contributed by atoms with Gasteiger partial charge in [-0.3, -0.25) is 4.79 Å². The summed E-state index contributed by atoms with van der Waals surface area (Å²) in [5, 5.41) is 4.96. The van der Waals surface area contributed by atoms with Crippen molar-refractivity contribution in [3.63, 3.8) is 0 Å². The van der Waals surface area contributed by atoms with E-state index in [9.17, 15) is 9.18 Å². The molecule has 0 radical (unpaired) electrons. The van der Waals surface area contributed by atoms with E-state index in [1.807, 2.05) is 47.8 Å². The molecule has 1 amide bonds. The minimum Gasteiger partial charge on any atom is -0.340 e. The van der Waals surface area contributed by atoms with E-state index in [0.29, 0.717) is 4.47 Å². The number of carbonyl (C=O) groups is 1. The maximum Gasteiger partial charge on any atom is 0.253 e. The number of hydrogen-bond acceptors (Lipinski definition) is 2. The van der Waals surface area contributed by atoms with Gasteiger partial charge >= 0.3 is 0 Å². The van der Waals surface area contributed by atoms with Crippen molar-refractivity contribution in [3.8, 4) is 0 Å². The van der Waals surface area contributed by atoms with E-state index in [4.69, 9.17) is 0 Å². The van der Waals surface area contributed by atoms with Gasteiger partial charge in [-0.15, -0.1) is 11.3 Å². The average molecular weight is 390 g/mol. The van der Waals surface area contributed by atoms with Gasteiger partial charge in [0.05, 0.1) is 11.6 Å². The van der Waals surface area contributed by atoms with E-state index in [-0.39, 0.29) is 17.5 Å². The standard InChI is InChI=1S/C18H13BrFNOS/c19-15-9-8-13(20)11-14(15)18(22)21-17(16-7-4-10-23-16)12-5-2-1-3-6-12/h1-11,17H,(H,21,22). The summed E-state index contributed by atoms with van der Waals surface area (Å²) in [6.45, 7) is 0. The summed E-state index contributed by atoms with van der Waals surface area (Å²) in [5.41, 5.74) is 1.26. The van der Waals surface area contributed by atoms with Crippen molar-refractivity contribution in [2.75, 3.05) is 0 Å². The third kappa shape index (κ3) is 3.68. The summed E-state index contributed by atoms with van der Waals surface area (Å²) in [6, 6.07) is 17.5. The highest BCUT2D eigenvalue weighted by Crippen LogP contribution is 2.27. The lowest BCUT2D eigenvalue weighted by atomic mass is 10.0. The molecule has 116 valence electrons. The van der Waals surface area contributed by atoms with Crippen LogP contribution in [0.2, 0.25) is 0 Å². The molecule has 0 aliphatic rings. The van der Waals surface area contributed by atoms with Gasteiger partial charge in [0.1, 0.15) is 5.82 Å². The van der Waals surface area contributed by atoms with Crippen LogP contribution in [0.5, 0.6) is 0 Å². The largest absolute Gasteiger partial charge is 0.340 e. The Morgan fingerprint density at radius 1 is 1.09 bits per heavy atom. The average Bonchev–Trinajstić information content (AvgIpc) is 3.09. The molecule has 1 aromatic heterocycles. The van der Waals surface area contributed by atoms with E-state index in [2.05, 4.69) is 21.2 Å². The van der Waals surface area contributed by atoms with Crippen LogP contribution in [-0.2, 0) is 0 Å². The molecular formula is C18H13BrFNOS. The van der Waals surface area contributed by atoms with E-state index in [0.717, 1.165) is 10.4 Å². The summed E-state index contributed by atoms with van der Waals surface area (Å²) < 4.78 is 14.0. The molecule has 0 saturated carbocycles. The van der Waals surface area contributed by atoms with Crippen molar-refractivity contribution < 1.29 is 9.18 Å². The first kappa shape index (κ1) is 15.9. The normalized spacial score (nSPS) is 11.9. The first-order valence-corrected chi connectivity index (χ1v) is 8.66. The second kappa shape index (κ2) is 7.06. The highest BCUT2D eigenvalue weighted by molar-refractivity contribution is 9.10. The Kier molecular flexibility index (Phi) is 4.88. The number of hydrogen-bond donors (Lipinski definition) is 1. The van der Waals surface area contributed by atoms with E-state index in [1.54, 1.807) is 11.3 Å². The number of halogens is 2. The zero-order valence-electron chi connectivity index (χ0n) is 12.0. The van der Waals surface area contributed by atoms with Crippen molar-refractivity contribution in [3.05, 3.63) is 92.3 Å². The van der Waals surface area contributed by atoms with Crippen molar-refractivity contribution in [2.45, 2.75) is 6.04 Å². The zero-order valence-corrected chi connectivity index (χ0v) is 14.4. The summed E-state index contributed by atoms with van der Waals surface area (Å²) in [4.78, 5) is 13.6. The first-order chi connectivity index (χ1) is 11.1. The van der Waals surface area contributed by atoms with Crippen molar-refractivity contribution in [2.24, 2.45) is 0 Å². The predicted octanol–water partition coefficient (Wildman–Crippen LogP) is 5.17. The van der Waals surface area contributed by atoms with Crippen molar-refractivity contribution in [1.29, 1.82) is 0 Å². The minimum atomic E-state index is -0.439. The van der Waals surface area contributed by atoms with Gasteiger partial charge < -0.3 is 5.32 Å². The number of benzene rings is 2. The Hall–Kier alpha value is -1.98. The molecular weight excluding hydrogens is 377 g/mol. The van der Waals surface area contributed by atoms with Crippen LogP contribution in [0.3, 0.4) is 0 Å². The third-order valence-corrected chi connectivity index (χ3v) is 5.04. The van der Waals surface area contributed by atoms with Crippen molar-refractivity contribution >= 4 is 33.2 Å². The van der Waals surface area contributed by atoms with Crippen LogP contribution < -0.4 is 5.32 Å². The summed E-state index contributed by atoms with van der Waals surface area (Å²) >= 11 is 4.87. The molecule has 3 rings (SSSR count). The second-order valence-corrected chi connectivity index (χ2v) is 6.79. The van der Waals surface area contributed by atoms with Crippen LogP contribution in [0.25, 0.3) is 0 Å². The Labute approximate surface area is 146 Å². The quantitative estimate of drug-likeness (QED) is 0.655. The molecule has 5 heteroatoms. The maximum absolute atomic E-state index is 13.4. The molecule has 0 saturated heterocycles. The lowest BCUT2D eigenvalue weighted by Crippen LogP contribution is -2.29. The smallest absolute Gasteiger partial charge is 0.253 e. The van der Waals surface area contributed by atoms with Gasteiger partial charge in [0.25, 0.3) is 5.91 Å². The number of nitrogens with one attached hydrogen (secondary N) is 1. The van der Waals surface area contributed by atoms with Gasteiger partial charge in [0.2, 0.25) is 0 Å². The minimum absolute atomic E-state index is 0.265. The molecule has 0 aliphatic heterocycles. The Bertz CT molecular complexity index is 805. The van der Waals surface area contributed by atoms with Gasteiger partial charge in [-0.25, -0.2) is 4.39 Å². The highest BCUT2D eigenvalue weighted by atomic mass is 79.9. The fourth-order valence-corrected chi connectivity index (χ4v) is 3.53. The Morgan fingerprint density at radius 3 is 2.57 bits per heavy atom. The molecule has 1 N–H and O–H groups in total. The van der Waals surface area contributed by atoms with Crippen LogP contribution in [0.4, 0.5) is 4.39 Å². The van der Waals surface area contributed by atoms with E-state index in [1.165, 1.54) is 18.2 Å². The Morgan fingerprint density at radius 2 is 1.87 bits per heavy atom. The highest BCUT2D eigenvalue weighted by Gasteiger charge is 2.20. The van der Waals surface area contributed by atoms with Crippen molar-refractivity contribution in [1.82, 2.24) is 5.32 Å². The van der Waals surface area contributed by atoms with E-state index >= 15 is 0 Å². The van der Waals surface area contributed by atoms with Crippen LogP contribution in [0.1, 0.15) is 26.8 Å². The Balaban J connectivity index is 1.93. The molecule has 0 fully saturated rings. The molecule has 3 aromatic rings. The van der Waals surface area contributed by atoms with Crippen LogP contribution in [0, 0.1) is 5.82 Å². The molecule has 0 aliphatic carbocycles. The molecule has 1 atom stereocenters. The summed E-state index contributed by atoms with van der Waals surface area (Å²) in [7, 11) is 0. The van der Waals surface area contributed by atoms with Crippen LogP contribution in [-0.4, -0.2) is 5.91 Å². The van der Waals surface area contributed by atoms with Crippen LogP contribution >= 0.6 is 27.3 Å². The molecule has 23 heavy (non-hydrogen) atoms.